The molecule has 7 nitrogen and oxygen atoms in total. The Bertz CT molecular complexity index is 1680. The van der Waals surface area contributed by atoms with Crippen LogP contribution in [0.25, 0.3) is 0 Å². The van der Waals surface area contributed by atoms with E-state index in [1.165, 1.54) is 40.5 Å². The number of aromatic nitrogens is 3. The molecule has 40 heavy (non-hydrogen) atoms. The maximum absolute atomic E-state index is 15.2. The number of hydrogen-bond donors (Lipinski definition) is 1. The van der Waals surface area contributed by atoms with E-state index in [1.807, 2.05) is 4.57 Å². The Morgan fingerprint density at radius 1 is 1.10 bits per heavy atom. The molecule has 12 heteroatoms. The Morgan fingerprint density at radius 2 is 1.88 bits per heavy atom. The second-order valence-electron chi connectivity index (χ2n) is 9.34. The molecule has 0 radical (unpaired) electrons. The average molecular weight is 566 g/mol. The first-order valence-corrected chi connectivity index (χ1v) is 13.1. The number of aryl methyl sites for hydroxylation is 1. The van der Waals surface area contributed by atoms with E-state index < -0.39 is 35.4 Å². The monoisotopic (exact) mass is 565 g/mol. The van der Waals surface area contributed by atoms with Crippen LogP contribution in [-0.2, 0) is 30.5 Å². The van der Waals surface area contributed by atoms with Gasteiger partial charge in [0.2, 0.25) is 0 Å². The number of hydrogen-bond acceptors (Lipinski definition) is 5. The highest BCUT2D eigenvalue weighted by atomic mass is 32.1. The number of nitrogens with zero attached hydrogens (tertiary/aromatic N) is 4. The molecule has 2 aliphatic heterocycles. The van der Waals surface area contributed by atoms with Crippen molar-refractivity contribution in [2.75, 3.05) is 5.32 Å². The maximum Gasteiger partial charge on any atom is 0.416 e. The first kappa shape index (κ1) is 25.8. The van der Waals surface area contributed by atoms with Gasteiger partial charge in [-0.25, -0.2) is 14.4 Å². The van der Waals surface area contributed by atoms with Crippen molar-refractivity contribution in [1.29, 1.82) is 0 Å². The Balaban J connectivity index is 1.31. The number of carbonyl (C=O) groups is 2. The third-order valence-electron chi connectivity index (χ3n) is 6.85. The summed E-state index contributed by atoms with van der Waals surface area (Å²) in [4.78, 5) is 37.0. The lowest BCUT2D eigenvalue weighted by atomic mass is 10.0. The Hall–Kier alpha value is -4.50. The molecule has 0 aliphatic carbocycles. The summed E-state index contributed by atoms with van der Waals surface area (Å²) in [6.45, 7) is 0.613. The summed E-state index contributed by atoms with van der Waals surface area (Å²) < 4.78 is 55.6. The van der Waals surface area contributed by atoms with E-state index in [0.29, 0.717) is 22.8 Å². The van der Waals surface area contributed by atoms with Crippen molar-refractivity contribution in [3.05, 3.63) is 99.3 Å². The van der Waals surface area contributed by atoms with Crippen LogP contribution in [0.2, 0.25) is 0 Å². The predicted molar refractivity (Wildman–Crippen MR) is 138 cm³/mol. The minimum absolute atomic E-state index is 0.0691. The van der Waals surface area contributed by atoms with E-state index in [-0.39, 0.29) is 23.2 Å². The molecule has 2 aromatic heterocycles. The molecule has 0 saturated carbocycles. The second kappa shape index (κ2) is 9.91. The van der Waals surface area contributed by atoms with Crippen LogP contribution in [0.4, 0.5) is 22.7 Å². The minimum atomic E-state index is -4.47. The number of rotatable bonds is 4. The molecule has 0 spiro atoms. The van der Waals surface area contributed by atoms with Crippen molar-refractivity contribution < 1.29 is 27.2 Å². The number of benzene rings is 2. The largest absolute Gasteiger partial charge is 0.416 e. The van der Waals surface area contributed by atoms with Gasteiger partial charge in [-0.3, -0.25) is 14.9 Å². The summed E-state index contributed by atoms with van der Waals surface area (Å²) in [6.07, 6.45) is 0.305. The van der Waals surface area contributed by atoms with Crippen LogP contribution < -0.4 is 5.32 Å². The molecule has 0 fully saturated rings. The van der Waals surface area contributed by atoms with Gasteiger partial charge in [-0.2, -0.15) is 13.2 Å². The number of alkyl halides is 3. The number of fused-ring (bicyclic) bond motifs is 2. The van der Waals surface area contributed by atoms with E-state index in [4.69, 9.17) is 0 Å². The molecule has 4 aromatic rings. The van der Waals surface area contributed by atoms with Crippen LogP contribution in [0, 0.1) is 17.7 Å². The van der Waals surface area contributed by atoms with Crippen molar-refractivity contribution in [3.63, 3.8) is 0 Å². The van der Waals surface area contributed by atoms with Crippen LogP contribution in [0.15, 0.2) is 54.3 Å². The fourth-order valence-corrected chi connectivity index (χ4v) is 5.49. The van der Waals surface area contributed by atoms with Crippen LogP contribution in [0.3, 0.4) is 0 Å². The summed E-state index contributed by atoms with van der Waals surface area (Å²) >= 11 is 1.23. The van der Waals surface area contributed by atoms with E-state index >= 15 is 4.39 Å². The van der Waals surface area contributed by atoms with E-state index in [9.17, 15) is 22.8 Å². The number of thiazole rings is 1. The SMILES string of the molecule is O=C(Nc1nccs1)C(c1ncn2c1CCC2)N1Cc2c(F)cc(C#Cc3ccc(C(F)(F)F)cc3)cc2C1=O. The third kappa shape index (κ3) is 4.73. The zero-order valence-corrected chi connectivity index (χ0v) is 21.4. The molecule has 2 amide bonds. The van der Waals surface area contributed by atoms with Crippen LogP contribution in [0.1, 0.15) is 56.5 Å². The summed E-state index contributed by atoms with van der Waals surface area (Å²) in [6, 6.07) is 5.77. The third-order valence-corrected chi connectivity index (χ3v) is 7.54. The smallest absolute Gasteiger partial charge is 0.334 e. The highest BCUT2D eigenvalue weighted by Gasteiger charge is 2.42. The molecule has 2 aromatic carbocycles. The summed E-state index contributed by atoms with van der Waals surface area (Å²) in [5.74, 6) is 3.71. The minimum Gasteiger partial charge on any atom is -0.334 e. The molecule has 1 N–H and O–H groups in total. The molecular weight excluding hydrogens is 546 g/mol. The summed E-state index contributed by atoms with van der Waals surface area (Å²) in [5.41, 5.74) is 1.17. The Morgan fingerprint density at radius 3 is 2.60 bits per heavy atom. The van der Waals surface area contributed by atoms with Crippen molar-refractivity contribution in [2.24, 2.45) is 0 Å². The maximum atomic E-state index is 15.2. The molecule has 6 rings (SSSR count). The lowest BCUT2D eigenvalue weighted by Gasteiger charge is -2.26. The number of anilines is 1. The topological polar surface area (TPSA) is 80.1 Å². The predicted octanol–water partition coefficient (Wildman–Crippen LogP) is 5.18. The quantitative estimate of drug-likeness (QED) is 0.273. The first-order chi connectivity index (χ1) is 19.2. The van der Waals surface area contributed by atoms with Gasteiger partial charge in [0.15, 0.2) is 11.2 Å². The first-order valence-electron chi connectivity index (χ1n) is 12.3. The number of nitrogens with one attached hydrogen (secondary N) is 1. The summed E-state index contributed by atoms with van der Waals surface area (Å²) in [5, 5.41) is 4.81. The van der Waals surface area contributed by atoms with Crippen molar-refractivity contribution in [1.82, 2.24) is 19.4 Å². The number of carbonyl (C=O) groups excluding carboxylic acids is 2. The van der Waals surface area contributed by atoms with E-state index in [0.717, 1.165) is 30.8 Å². The van der Waals surface area contributed by atoms with Gasteiger partial charge in [0.05, 0.1) is 24.1 Å². The fourth-order valence-electron chi connectivity index (χ4n) is 4.96. The zero-order chi connectivity index (χ0) is 28.0. The molecule has 0 bridgehead atoms. The van der Waals surface area contributed by atoms with Gasteiger partial charge in [-0.15, -0.1) is 11.3 Å². The standard InChI is InChI=1S/C28H19F4N5O2S/c29-21-13-17(4-3-16-5-7-18(8-6-16)28(30,31)32)12-19-20(21)14-37(26(19)39)24(25(38)35-27-33-9-11-40-27)23-22-2-1-10-36(22)15-34-23/h5-9,11-13,15,24H,1-2,10,14H2,(H,33,35,38). The van der Waals surface area contributed by atoms with Crippen LogP contribution in [-0.4, -0.2) is 31.2 Å². The lowest BCUT2D eigenvalue weighted by molar-refractivity contribution is -0.137. The highest BCUT2D eigenvalue weighted by Crippen LogP contribution is 2.36. The molecule has 2 aliphatic rings. The molecule has 1 atom stereocenters. The highest BCUT2D eigenvalue weighted by molar-refractivity contribution is 7.13. The van der Waals surface area contributed by atoms with E-state index in [2.05, 4.69) is 27.1 Å². The molecule has 1 unspecified atom stereocenters. The normalized spacial score (nSPS) is 14.9. The fraction of sp³-hybridized carbons (Fsp3) is 0.214. The van der Waals surface area contributed by atoms with Gasteiger partial charge in [0, 0.05) is 46.1 Å². The second-order valence-corrected chi connectivity index (χ2v) is 10.2. The van der Waals surface area contributed by atoms with Gasteiger partial charge in [0.1, 0.15) is 5.82 Å². The van der Waals surface area contributed by atoms with Gasteiger partial charge >= 0.3 is 6.18 Å². The van der Waals surface area contributed by atoms with E-state index in [1.54, 1.807) is 17.9 Å². The van der Waals surface area contributed by atoms with Gasteiger partial charge in [0.25, 0.3) is 11.8 Å². The van der Waals surface area contributed by atoms with Gasteiger partial charge in [-0.05, 0) is 49.2 Å². The number of amides is 2. The lowest BCUT2D eigenvalue weighted by Crippen LogP contribution is -2.38. The van der Waals surface area contributed by atoms with Gasteiger partial charge in [-0.1, -0.05) is 11.8 Å². The van der Waals surface area contributed by atoms with Crippen molar-refractivity contribution in [2.45, 2.75) is 38.1 Å². The number of halogens is 4. The Kier molecular flexibility index (Phi) is 6.38. The van der Waals surface area contributed by atoms with Gasteiger partial charge < -0.3 is 9.47 Å². The Labute approximate surface area is 229 Å². The molecule has 0 saturated heterocycles. The molecular formula is C28H19F4N5O2S. The van der Waals surface area contributed by atoms with Crippen LogP contribution in [0.5, 0.6) is 0 Å². The summed E-state index contributed by atoms with van der Waals surface area (Å²) in [7, 11) is 0. The number of imidazole rings is 1. The van der Waals surface area contributed by atoms with Crippen molar-refractivity contribution >= 4 is 28.3 Å². The zero-order valence-electron chi connectivity index (χ0n) is 20.6. The van der Waals surface area contributed by atoms with Crippen molar-refractivity contribution in [3.8, 4) is 11.8 Å². The molecule has 202 valence electrons. The average Bonchev–Trinajstić information content (AvgIpc) is 3.71. The molecule has 4 heterocycles. The van der Waals surface area contributed by atoms with Crippen LogP contribution >= 0.6 is 11.3 Å².